The van der Waals surface area contributed by atoms with Gasteiger partial charge in [0, 0.05) is 37.8 Å². The number of fused-ring (bicyclic) bond motifs is 10. The Labute approximate surface area is 264 Å². The minimum atomic E-state index is -0.225. The Morgan fingerprint density at radius 1 is 0.511 bits per heavy atom. The van der Waals surface area contributed by atoms with E-state index in [1.807, 2.05) is 0 Å². The molecule has 0 fully saturated rings. The summed E-state index contributed by atoms with van der Waals surface area (Å²) in [5, 5.41) is 6.07. The van der Waals surface area contributed by atoms with Gasteiger partial charge in [-0.15, -0.1) is 0 Å². The van der Waals surface area contributed by atoms with Crippen molar-refractivity contribution in [2.24, 2.45) is 0 Å². The fourth-order valence-corrected chi connectivity index (χ4v) is 9.00. The third kappa shape index (κ3) is 3.36. The number of para-hydroxylation sites is 5. The lowest BCUT2D eigenvalue weighted by Crippen LogP contribution is -2.31. The number of benzene rings is 6. The van der Waals surface area contributed by atoms with E-state index < -0.39 is 0 Å². The van der Waals surface area contributed by atoms with Crippen LogP contribution in [-0.4, -0.2) is 18.7 Å². The molecule has 5 heteroatoms. The Balaban J connectivity index is 1.25. The monoisotopic (exact) mass is 596 g/mol. The fourth-order valence-electron chi connectivity index (χ4n) is 7.64. The van der Waals surface area contributed by atoms with Gasteiger partial charge in [0.25, 0.3) is 0 Å². The van der Waals surface area contributed by atoms with Gasteiger partial charge in [0.1, 0.15) is 0 Å². The molecule has 0 aliphatic carbocycles. The van der Waals surface area contributed by atoms with E-state index in [4.69, 9.17) is 4.98 Å². The van der Waals surface area contributed by atoms with Crippen LogP contribution < -0.4 is 0 Å². The first-order chi connectivity index (χ1) is 22.1. The van der Waals surface area contributed by atoms with Crippen molar-refractivity contribution in [2.45, 2.75) is 29.4 Å². The van der Waals surface area contributed by atoms with Crippen LogP contribution in [-0.2, 0) is 5.54 Å². The normalized spacial score (nSPS) is 14.1. The van der Waals surface area contributed by atoms with Crippen LogP contribution in [0.5, 0.6) is 0 Å². The molecule has 0 bridgehead atoms. The summed E-state index contributed by atoms with van der Waals surface area (Å²) in [5.41, 5.74) is 10.5. The largest absolute Gasteiger partial charge is 0.309 e. The summed E-state index contributed by atoms with van der Waals surface area (Å²) in [6.07, 6.45) is 0. The van der Waals surface area contributed by atoms with Crippen LogP contribution in [0.2, 0.25) is 0 Å². The molecule has 1 aliphatic rings. The molecule has 0 saturated heterocycles. The molecule has 1 aliphatic heterocycles. The van der Waals surface area contributed by atoms with Crippen molar-refractivity contribution >= 4 is 66.4 Å². The molecule has 0 saturated carbocycles. The number of nitrogens with zero attached hydrogens (tertiary/aromatic N) is 4. The van der Waals surface area contributed by atoms with Crippen LogP contribution >= 0.6 is 11.8 Å². The number of aromatic nitrogens is 4. The summed E-state index contributed by atoms with van der Waals surface area (Å²) in [4.78, 5) is 6.30. The summed E-state index contributed by atoms with van der Waals surface area (Å²) < 4.78 is 7.25. The Kier molecular flexibility index (Phi) is 4.97. The van der Waals surface area contributed by atoms with Gasteiger partial charge < -0.3 is 13.7 Å². The van der Waals surface area contributed by atoms with Crippen molar-refractivity contribution in [3.05, 3.63) is 139 Å². The molecule has 214 valence electrons. The Morgan fingerprint density at radius 3 is 1.78 bits per heavy atom. The van der Waals surface area contributed by atoms with Gasteiger partial charge in [0.05, 0.1) is 38.6 Å². The first-order valence-corrected chi connectivity index (χ1v) is 16.2. The molecule has 3 aromatic heterocycles. The maximum Gasteiger partial charge on any atom is 0.174 e. The van der Waals surface area contributed by atoms with Crippen molar-refractivity contribution in [1.29, 1.82) is 0 Å². The van der Waals surface area contributed by atoms with E-state index in [0.29, 0.717) is 0 Å². The smallest absolute Gasteiger partial charge is 0.174 e. The predicted octanol–water partition coefficient (Wildman–Crippen LogP) is 10.5. The minimum absolute atomic E-state index is 0.225. The van der Waals surface area contributed by atoms with Gasteiger partial charge in [-0.3, -0.25) is 0 Å². The molecule has 0 amide bonds. The van der Waals surface area contributed by atoms with Crippen molar-refractivity contribution in [1.82, 2.24) is 18.7 Å². The molecule has 0 atom stereocenters. The summed E-state index contributed by atoms with van der Waals surface area (Å²) in [7, 11) is 0. The van der Waals surface area contributed by atoms with E-state index in [0.717, 1.165) is 10.7 Å². The van der Waals surface area contributed by atoms with E-state index in [9.17, 15) is 0 Å². The molecule has 45 heavy (non-hydrogen) atoms. The fraction of sp³-hybridized carbons (Fsp3) is 0.0750. The van der Waals surface area contributed by atoms with Crippen LogP contribution in [0.1, 0.15) is 19.4 Å². The van der Waals surface area contributed by atoms with E-state index in [-0.39, 0.29) is 5.54 Å². The zero-order valence-corrected chi connectivity index (χ0v) is 25.7. The van der Waals surface area contributed by atoms with Crippen LogP contribution in [0.3, 0.4) is 0 Å². The molecule has 0 N–H and O–H groups in total. The molecule has 6 aromatic carbocycles. The van der Waals surface area contributed by atoms with Gasteiger partial charge in [0.2, 0.25) is 0 Å². The lowest BCUT2D eigenvalue weighted by atomic mass is 9.93. The third-order valence-corrected chi connectivity index (χ3v) is 10.7. The van der Waals surface area contributed by atoms with Gasteiger partial charge >= 0.3 is 0 Å². The molecule has 0 spiro atoms. The quantitative estimate of drug-likeness (QED) is 0.199. The molecule has 0 radical (unpaired) electrons. The average molecular weight is 597 g/mol. The molecular formula is C40H28N4S. The maximum atomic E-state index is 5.05. The van der Waals surface area contributed by atoms with E-state index in [1.54, 1.807) is 11.8 Å². The average Bonchev–Trinajstić information content (AvgIpc) is 3.71. The summed E-state index contributed by atoms with van der Waals surface area (Å²) in [5.74, 6) is 0. The van der Waals surface area contributed by atoms with E-state index in [1.165, 1.54) is 71.0 Å². The number of hydrogen-bond donors (Lipinski definition) is 0. The first kappa shape index (κ1) is 25.1. The SMILES string of the molecule is CC1(C)c2ccc(-n3c4ccccc4c4cc5c(cc43)c3ccccc3n5-c3ccccc3)cc2Sc2nc3ccccc3n21. The van der Waals surface area contributed by atoms with Crippen molar-refractivity contribution < 1.29 is 0 Å². The van der Waals surface area contributed by atoms with Crippen LogP contribution in [0.15, 0.2) is 144 Å². The number of rotatable bonds is 2. The van der Waals surface area contributed by atoms with Gasteiger partial charge in [0.15, 0.2) is 5.16 Å². The van der Waals surface area contributed by atoms with Crippen molar-refractivity contribution in [3.63, 3.8) is 0 Å². The molecule has 0 unspecified atom stereocenters. The second kappa shape index (κ2) is 8.90. The molecule has 4 heterocycles. The van der Waals surface area contributed by atoms with Gasteiger partial charge in [-0.05, 0) is 80.1 Å². The standard InChI is InChI=1S/C40H28N4S/c1-40(2)31-21-20-26(22-38(31)45-39-41-32-16-8-11-19-35(32)44(39)40)43-34-18-10-7-15-28(34)30-23-36-29(24-37(30)43)27-14-6-9-17-33(27)42(36)25-12-4-3-5-13-25/h3-24H,1-2H3. The van der Waals surface area contributed by atoms with Crippen LogP contribution in [0.25, 0.3) is 66.0 Å². The minimum Gasteiger partial charge on any atom is -0.309 e. The number of hydrogen-bond acceptors (Lipinski definition) is 2. The van der Waals surface area contributed by atoms with Crippen LogP contribution in [0.4, 0.5) is 0 Å². The first-order valence-electron chi connectivity index (χ1n) is 15.4. The van der Waals surface area contributed by atoms with Crippen LogP contribution in [0, 0.1) is 0 Å². The lowest BCUT2D eigenvalue weighted by molar-refractivity contribution is 0.402. The lowest BCUT2D eigenvalue weighted by Gasteiger charge is -2.35. The Bertz CT molecular complexity index is 2650. The third-order valence-electron chi connectivity index (χ3n) is 9.65. The highest BCUT2D eigenvalue weighted by molar-refractivity contribution is 7.99. The molecular weight excluding hydrogens is 569 g/mol. The summed E-state index contributed by atoms with van der Waals surface area (Å²) >= 11 is 1.77. The number of imidazole rings is 1. The predicted molar refractivity (Wildman–Crippen MR) is 187 cm³/mol. The maximum absolute atomic E-state index is 5.05. The summed E-state index contributed by atoms with van der Waals surface area (Å²) in [6.45, 7) is 4.62. The topological polar surface area (TPSA) is 27.7 Å². The zero-order chi connectivity index (χ0) is 29.9. The second-order valence-corrected chi connectivity index (χ2v) is 13.5. The van der Waals surface area contributed by atoms with E-state index in [2.05, 4.69) is 161 Å². The van der Waals surface area contributed by atoms with Gasteiger partial charge in [-0.1, -0.05) is 84.6 Å². The molecule has 9 aromatic rings. The zero-order valence-electron chi connectivity index (χ0n) is 24.9. The van der Waals surface area contributed by atoms with Gasteiger partial charge in [-0.25, -0.2) is 4.98 Å². The Morgan fingerprint density at radius 2 is 1.09 bits per heavy atom. The highest BCUT2D eigenvalue weighted by Gasteiger charge is 2.35. The summed E-state index contributed by atoms with van der Waals surface area (Å²) in [6, 6.07) is 48.5. The van der Waals surface area contributed by atoms with Gasteiger partial charge in [-0.2, -0.15) is 0 Å². The molecule has 10 rings (SSSR count). The highest BCUT2D eigenvalue weighted by atomic mass is 32.2. The highest BCUT2D eigenvalue weighted by Crippen LogP contribution is 2.48. The van der Waals surface area contributed by atoms with Crippen molar-refractivity contribution in [3.8, 4) is 11.4 Å². The second-order valence-electron chi connectivity index (χ2n) is 12.5. The molecule has 4 nitrogen and oxygen atoms in total. The van der Waals surface area contributed by atoms with E-state index >= 15 is 0 Å². The Hall–Kier alpha value is -5.26. The van der Waals surface area contributed by atoms with Crippen molar-refractivity contribution in [2.75, 3.05) is 0 Å².